The third-order valence-corrected chi connectivity index (χ3v) is 4.94. The van der Waals surface area contributed by atoms with Crippen LogP contribution >= 0.6 is 11.3 Å². The highest BCUT2D eigenvalue weighted by molar-refractivity contribution is 7.17. The van der Waals surface area contributed by atoms with E-state index in [4.69, 9.17) is 0 Å². The van der Waals surface area contributed by atoms with E-state index >= 15 is 0 Å². The van der Waals surface area contributed by atoms with Crippen LogP contribution in [-0.2, 0) is 11.3 Å². The van der Waals surface area contributed by atoms with Gasteiger partial charge in [0.15, 0.2) is 0 Å². The second kappa shape index (κ2) is 6.92. The lowest BCUT2D eigenvalue weighted by molar-refractivity contribution is -0.121. The van der Waals surface area contributed by atoms with Crippen molar-refractivity contribution in [3.63, 3.8) is 0 Å². The smallest absolute Gasteiger partial charge is 0.259 e. The Labute approximate surface area is 133 Å². The largest absolute Gasteiger partial charge is 0.354 e. The molecule has 2 aromatic rings. The number of hydrogen-bond donors (Lipinski definition) is 1. The van der Waals surface area contributed by atoms with E-state index in [0.29, 0.717) is 11.9 Å². The van der Waals surface area contributed by atoms with Gasteiger partial charge in [0.2, 0.25) is 5.91 Å². The highest BCUT2D eigenvalue weighted by Gasteiger charge is 2.08. The molecular weight excluding hydrogens is 296 g/mol. The Morgan fingerprint density at radius 1 is 1.32 bits per heavy atom. The molecular formula is C17H20N2O2S. The van der Waals surface area contributed by atoms with Gasteiger partial charge in [-0.15, -0.1) is 11.3 Å². The van der Waals surface area contributed by atoms with E-state index in [1.54, 1.807) is 6.20 Å². The lowest BCUT2D eigenvalue weighted by Crippen LogP contribution is -2.32. The van der Waals surface area contributed by atoms with E-state index in [1.165, 1.54) is 40.7 Å². The fraction of sp³-hybridized carbons (Fsp3) is 0.412. The molecule has 0 aromatic carbocycles. The van der Waals surface area contributed by atoms with Crippen molar-refractivity contribution in [1.29, 1.82) is 0 Å². The Morgan fingerprint density at radius 3 is 3.05 bits per heavy atom. The first-order valence-corrected chi connectivity index (χ1v) is 8.63. The van der Waals surface area contributed by atoms with Crippen LogP contribution in [0, 0.1) is 0 Å². The standard InChI is InChI=1S/C17H20N2O2S/c20-16(18-9-6-13-4-2-1-3-5-13)12-19-10-7-15-14(17(19)21)8-11-22-15/h4,7-8,10-11H,1-3,5-6,9,12H2,(H,18,20). The number of nitrogens with zero attached hydrogens (tertiary/aromatic N) is 1. The molecule has 3 rings (SSSR count). The van der Waals surface area contributed by atoms with Gasteiger partial charge in [0.25, 0.3) is 5.56 Å². The predicted octanol–water partition coefficient (Wildman–Crippen LogP) is 3.07. The van der Waals surface area contributed by atoms with Crippen molar-refractivity contribution in [2.75, 3.05) is 6.54 Å². The number of carbonyl (C=O) groups excluding carboxylic acids is 1. The molecule has 1 N–H and O–H groups in total. The van der Waals surface area contributed by atoms with Gasteiger partial charge in [0, 0.05) is 17.4 Å². The van der Waals surface area contributed by atoms with Crippen LogP contribution in [0.1, 0.15) is 32.1 Å². The SMILES string of the molecule is O=C(Cn1ccc2sccc2c1=O)NCCC1=CCCCC1. The molecule has 0 unspecified atom stereocenters. The van der Waals surface area contributed by atoms with Gasteiger partial charge in [0.05, 0.1) is 5.39 Å². The second-order valence-electron chi connectivity index (χ2n) is 5.66. The lowest BCUT2D eigenvalue weighted by atomic mass is 9.97. The average Bonchev–Trinajstić information content (AvgIpc) is 3.01. The van der Waals surface area contributed by atoms with Gasteiger partial charge >= 0.3 is 0 Å². The molecule has 0 radical (unpaired) electrons. The molecule has 22 heavy (non-hydrogen) atoms. The van der Waals surface area contributed by atoms with Crippen molar-refractivity contribution in [1.82, 2.24) is 9.88 Å². The fourth-order valence-corrected chi connectivity index (χ4v) is 3.61. The number of rotatable bonds is 5. The first-order valence-electron chi connectivity index (χ1n) is 7.75. The number of fused-ring (bicyclic) bond motifs is 1. The van der Waals surface area contributed by atoms with Gasteiger partial charge < -0.3 is 9.88 Å². The van der Waals surface area contributed by atoms with E-state index in [-0.39, 0.29) is 18.0 Å². The molecule has 1 aliphatic carbocycles. The van der Waals surface area contributed by atoms with E-state index < -0.39 is 0 Å². The maximum absolute atomic E-state index is 12.2. The van der Waals surface area contributed by atoms with Gasteiger partial charge in [0.1, 0.15) is 6.54 Å². The molecule has 4 nitrogen and oxygen atoms in total. The molecule has 2 heterocycles. The molecule has 0 fully saturated rings. The maximum Gasteiger partial charge on any atom is 0.259 e. The number of pyridine rings is 1. The van der Waals surface area contributed by atoms with E-state index in [1.807, 2.05) is 17.5 Å². The molecule has 0 bridgehead atoms. The Balaban J connectivity index is 1.55. The van der Waals surface area contributed by atoms with Gasteiger partial charge in [-0.3, -0.25) is 9.59 Å². The first kappa shape index (κ1) is 15.0. The summed E-state index contributed by atoms with van der Waals surface area (Å²) in [6, 6.07) is 3.70. The number of nitrogens with one attached hydrogen (secondary N) is 1. The quantitative estimate of drug-likeness (QED) is 0.862. The van der Waals surface area contributed by atoms with Crippen LogP contribution in [-0.4, -0.2) is 17.0 Å². The minimum atomic E-state index is -0.104. The Hall–Kier alpha value is -1.88. The molecule has 5 heteroatoms. The summed E-state index contributed by atoms with van der Waals surface area (Å²) in [5.74, 6) is -0.104. The van der Waals surface area contributed by atoms with E-state index in [0.717, 1.165) is 17.5 Å². The van der Waals surface area contributed by atoms with Crippen LogP contribution in [0.4, 0.5) is 0 Å². The van der Waals surface area contributed by atoms with Crippen LogP contribution in [0.2, 0.25) is 0 Å². The molecule has 2 aromatic heterocycles. The summed E-state index contributed by atoms with van der Waals surface area (Å²) in [7, 11) is 0. The summed E-state index contributed by atoms with van der Waals surface area (Å²) in [6.45, 7) is 0.740. The topological polar surface area (TPSA) is 51.1 Å². The predicted molar refractivity (Wildman–Crippen MR) is 90.3 cm³/mol. The molecule has 0 atom stereocenters. The summed E-state index contributed by atoms with van der Waals surface area (Å²) >= 11 is 1.54. The molecule has 0 saturated heterocycles. The second-order valence-corrected chi connectivity index (χ2v) is 6.60. The summed E-state index contributed by atoms with van der Waals surface area (Å²) in [4.78, 5) is 24.2. The lowest BCUT2D eigenvalue weighted by Gasteiger charge is -2.13. The van der Waals surface area contributed by atoms with Crippen LogP contribution < -0.4 is 10.9 Å². The number of hydrogen-bond acceptors (Lipinski definition) is 3. The summed E-state index contributed by atoms with van der Waals surface area (Å²) in [5.41, 5.74) is 1.35. The molecule has 1 amide bonds. The number of thiophene rings is 1. The molecule has 116 valence electrons. The molecule has 0 aliphatic heterocycles. The molecule has 0 saturated carbocycles. The number of allylic oxidation sites excluding steroid dienone is 1. The van der Waals surface area contributed by atoms with Gasteiger partial charge in [-0.05, 0) is 49.6 Å². The zero-order valence-corrected chi connectivity index (χ0v) is 13.3. The van der Waals surface area contributed by atoms with E-state index in [9.17, 15) is 9.59 Å². The zero-order chi connectivity index (χ0) is 15.4. The van der Waals surface area contributed by atoms with Gasteiger partial charge in [-0.1, -0.05) is 11.6 Å². The van der Waals surface area contributed by atoms with Gasteiger partial charge in [-0.25, -0.2) is 0 Å². The number of amides is 1. The Kier molecular flexibility index (Phi) is 4.73. The summed E-state index contributed by atoms with van der Waals surface area (Å²) < 4.78 is 2.44. The van der Waals surface area contributed by atoms with E-state index in [2.05, 4.69) is 11.4 Å². The van der Waals surface area contributed by atoms with Crippen molar-refractivity contribution >= 4 is 27.3 Å². The normalized spacial score (nSPS) is 14.8. The van der Waals surface area contributed by atoms with Crippen LogP contribution in [0.25, 0.3) is 10.1 Å². The van der Waals surface area contributed by atoms with Gasteiger partial charge in [-0.2, -0.15) is 0 Å². The third-order valence-electron chi connectivity index (χ3n) is 4.06. The summed E-state index contributed by atoms with van der Waals surface area (Å²) in [6.07, 6.45) is 9.78. The van der Waals surface area contributed by atoms with Crippen molar-refractivity contribution in [3.05, 3.63) is 45.7 Å². The fourth-order valence-electron chi connectivity index (χ4n) is 2.84. The third kappa shape index (κ3) is 3.47. The highest BCUT2D eigenvalue weighted by atomic mass is 32.1. The van der Waals surface area contributed by atoms with Crippen LogP contribution in [0.5, 0.6) is 0 Å². The van der Waals surface area contributed by atoms with Crippen molar-refractivity contribution in [2.24, 2.45) is 0 Å². The van der Waals surface area contributed by atoms with Crippen molar-refractivity contribution in [2.45, 2.75) is 38.6 Å². The zero-order valence-electron chi connectivity index (χ0n) is 12.5. The highest BCUT2D eigenvalue weighted by Crippen LogP contribution is 2.19. The Morgan fingerprint density at radius 2 is 2.23 bits per heavy atom. The number of carbonyl (C=O) groups is 1. The van der Waals surface area contributed by atoms with Crippen molar-refractivity contribution in [3.8, 4) is 0 Å². The van der Waals surface area contributed by atoms with Crippen LogP contribution in [0.15, 0.2) is 40.2 Å². The number of aromatic nitrogens is 1. The summed E-state index contributed by atoms with van der Waals surface area (Å²) in [5, 5.41) is 5.50. The monoisotopic (exact) mass is 316 g/mol. The molecule has 0 spiro atoms. The minimum Gasteiger partial charge on any atom is -0.354 e. The maximum atomic E-state index is 12.2. The minimum absolute atomic E-state index is 0.0870. The first-order chi connectivity index (χ1) is 10.7. The van der Waals surface area contributed by atoms with Crippen molar-refractivity contribution < 1.29 is 4.79 Å². The Bertz CT molecular complexity index is 757. The molecule has 1 aliphatic rings. The average molecular weight is 316 g/mol. The van der Waals surface area contributed by atoms with Crippen LogP contribution in [0.3, 0.4) is 0 Å².